The summed E-state index contributed by atoms with van der Waals surface area (Å²) < 4.78 is 60.7. The van der Waals surface area contributed by atoms with Gasteiger partial charge in [0.1, 0.15) is 0 Å². The zero-order valence-electron chi connectivity index (χ0n) is 7.84. The van der Waals surface area contributed by atoms with E-state index >= 15 is 0 Å². The van der Waals surface area contributed by atoms with E-state index in [1.165, 1.54) is 6.08 Å². The van der Waals surface area contributed by atoms with Crippen LogP contribution in [0.5, 0.6) is 0 Å². The predicted molar refractivity (Wildman–Crippen MR) is 45.9 cm³/mol. The average Bonchev–Trinajstić information content (AvgIpc) is 2.06. The molecule has 0 aromatic carbocycles. The van der Waals surface area contributed by atoms with Crippen molar-refractivity contribution in [3.05, 3.63) is 12.0 Å². The van der Waals surface area contributed by atoms with Crippen LogP contribution in [0.4, 0.5) is 13.2 Å². The zero-order valence-corrected chi connectivity index (χ0v) is 8.65. The van der Waals surface area contributed by atoms with Crippen molar-refractivity contribution >= 4 is 10.1 Å². The number of nitrogens with one attached hydrogen (secondary N) is 1. The Hall–Kier alpha value is -0.920. The van der Waals surface area contributed by atoms with Crippen molar-refractivity contribution in [1.82, 2.24) is 5.32 Å². The van der Waals surface area contributed by atoms with Crippen LogP contribution in [-0.2, 0) is 14.3 Å². The van der Waals surface area contributed by atoms with Gasteiger partial charge in [0, 0.05) is 6.54 Å². The Kier molecular flexibility index (Phi) is 3.17. The van der Waals surface area contributed by atoms with E-state index in [-0.39, 0.29) is 11.8 Å². The molecule has 88 valence electrons. The van der Waals surface area contributed by atoms with E-state index in [4.69, 9.17) is 0 Å². The number of alkyl halides is 3. The molecule has 0 spiro atoms. The quantitative estimate of drug-likeness (QED) is 0.589. The highest BCUT2D eigenvalue weighted by Crippen LogP contribution is 2.26. The standard InChI is InChI=1S/C7H10F3NO3S/c1-5-2-3-6(11-4-5)14-15(12,13)7(8,9)10/h3,5,11H,2,4H2,1H3. The normalized spacial score (nSPS) is 22.9. The summed E-state index contributed by atoms with van der Waals surface area (Å²) in [6.45, 7) is 2.26. The van der Waals surface area contributed by atoms with Crippen LogP contribution >= 0.6 is 0 Å². The van der Waals surface area contributed by atoms with Crippen molar-refractivity contribution in [2.75, 3.05) is 6.54 Å². The van der Waals surface area contributed by atoms with Crippen LogP contribution in [0.15, 0.2) is 12.0 Å². The molecule has 1 aliphatic rings. The number of hydrogen-bond acceptors (Lipinski definition) is 4. The van der Waals surface area contributed by atoms with Crippen LogP contribution in [0, 0.1) is 5.92 Å². The lowest BCUT2D eigenvalue weighted by atomic mass is 10.1. The minimum Gasteiger partial charge on any atom is -0.358 e. The van der Waals surface area contributed by atoms with Crippen molar-refractivity contribution in [2.45, 2.75) is 18.9 Å². The van der Waals surface area contributed by atoms with Crippen molar-refractivity contribution in [2.24, 2.45) is 5.92 Å². The van der Waals surface area contributed by atoms with E-state index < -0.39 is 15.6 Å². The van der Waals surface area contributed by atoms with Crippen molar-refractivity contribution < 1.29 is 25.8 Å². The summed E-state index contributed by atoms with van der Waals surface area (Å²) in [6.07, 6.45) is 1.77. The molecule has 0 fully saturated rings. The molecule has 4 nitrogen and oxygen atoms in total. The van der Waals surface area contributed by atoms with Gasteiger partial charge in [-0.3, -0.25) is 0 Å². The van der Waals surface area contributed by atoms with Gasteiger partial charge < -0.3 is 9.50 Å². The first-order valence-electron chi connectivity index (χ1n) is 4.17. The maximum Gasteiger partial charge on any atom is 0.534 e. The Balaban J connectivity index is 2.72. The monoisotopic (exact) mass is 245 g/mol. The van der Waals surface area contributed by atoms with Gasteiger partial charge in [-0.2, -0.15) is 21.6 Å². The van der Waals surface area contributed by atoms with E-state index in [1.807, 2.05) is 6.92 Å². The third-order valence-corrected chi connectivity index (χ3v) is 2.78. The highest BCUT2D eigenvalue weighted by atomic mass is 32.2. The number of halogens is 3. The second kappa shape index (κ2) is 3.92. The Morgan fingerprint density at radius 3 is 2.53 bits per heavy atom. The Morgan fingerprint density at radius 2 is 2.13 bits per heavy atom. The molecular formula is C7H10F3NO3S. The van der Waals surface area contributed by atoms with E-state index in [1.54, 1.807) is 0 Å². The summed E-state index contributed by atoms with van der Waals surface area (Å²) in [5.74, 6) is -0.114. The molecule has 8 heteroatoms. The molecule has 0 saturated heterocycles. The first kappa shape index (κ1) is 12.2. The Labute approximate surface area is 85.2 Å². The van der Waals surface area contributed by atoms with Gasteiger partial charge in [0.05, 0.1) is 0 Å². The maximum atomic E-state index is 11.9. The van der Waals surface area contributed by atoms with Crippen LogP contribution in [-0.4, -0.2) is 20.5 Å². The van der Waals surface area contributed by atoms with E-state index in [2.05, 4.69) is 9.50 Å². The number of rotatable bonds is 2. The van der Waals surface area contributed by atoms with Crippen molar-refractivity contribution in [3.63, 3.8) is 0 Å². The fourth-order valence-electron chi connectivity index (χ4n) is 0.967. The minimum absolute atomic E-state index is 0.242. The third kappa shape index (κ3) is 3.01. The van der Waals surface area contributed by atoms with Gasteiger partial charge in [-0.1, -0.05) is 6.92 Å². The Bertz CT molecular complexity index is 360. The summed E-state index contributed by atoms with van der Waals surface area (Å²) >= 11 is 0. The zero-order chi connectivity index (χ0) is 11.7. The van der Waals surface area contributed by atoms with Crippen LogP contribution < -0.4 is 5.32 Å². The summed E-state index contributed by atoms with van der Waals surface area (Å²) in [5, 5.41) is 2.46. The third-order valence-electron chi connectivity index (χ3n) is 1.81. The SMILES string of the molecule is CC1CC=C(OS(=O)(=O)C(F)(F)F)NC1. The van der Waals surface area contributed by atoms with E-state index in [9.17, 15) is 21.6 Å². The molecule has 0 amide bonds. The minimum atomic E-state index is -5.55. The summed E-state index contributed by atoms with van der Waals surface area (Å²) in [4.78, 5) is 0. The lowest BCUT2D eigenvalue weighted by Crippen LogP contribution is -2.32. The maximum absolute atomic E-state index is 11.9. The van der Waals surface area contributed by atoms with Crippen LogP contribution in [0.3, 0.4) is 0 Å². The molecule has 0 aliphatic carbocycles. The van der Waals surface area contributed by atoms with Gasteiger partial charge in [-0.15, -0.1) is 0 Å². The molecule has 0 aromatic rings. The summed E-state index contributed by atoms with van der Waals surface area (Å²) in [6, 6.07) is 0. The predicted octanol–water partition coefficient (Wildman–Crippen LogP) is 1.32. The molecule has 0 saturated carbocycles. The first-order valence-corrected chi connectivity index (χ1v) is 5.58. The first-order chi connectivity index (χ1) is 6.72. The highest BCUT2D eigenvalue weighted by Gasteiger charge is 2.49. The molecule has 0 aromatic heterocycles. The molecule has 15 heavy (non-hydrogen) atoms. The molecule has 1 rings (SSSR count). The van der Waals surface area contributed by atoms with Crippen LogP contribution in [0.1, 0.15) is 13.3 Å². The van der Waals surface area contributed by atoms with Gasteiger partial charge in [0.25, 0.3) is 0 Å². The summed E-state index contributed by atoms with van der Waals surface area (Å²) in [5.41, 5.74) is -5.39. The van der Waals surface area contributed by atoms with Crippen molar-refractivity contribution in [1.29, 1.82) is 0 Å². The second-order valence-electron chi connectivity index (χ2n) is 3.27. The fourth-order valence-corrected chi connectivity index (χ4v) is 1.43. The summed E-state index contributed by atoms with van der Waals surface area (Å²) in [7, 11) is -5.55. The lowest BCUT2D eigenvalue weighted by molar-refractivity contribution is -0.0526. The van der Waals surface area contributed by atoms with Gasteiger partial charge in [0.15, 0.2) is 0 Å². The van der Waals surface area contributed by atoms with Gasteiger partial charge in [0.2, 0.25) is 5.88 Å². The lowest BCUT2D eigenvalue weighted by Gasteiger charge is -2.20. The van der Waals surface area contributed by atoms with Gasteiger partial charge in [-0.25, -0.2) is 0 Å². The van der Waals surface area contributed by atoms with Crippen LogP contribution in [0.25, 0.3) is 0 Å². The smallest absolute Gasteiger partial charge is 0.358 e. The van der Waals surface area contributed by atoms with Gasteiger partial charge >= 0.3 is 15.6 Å². The highest BCUT2D eigenvalue weighted by molar-refractivity contribution is 7.87. The molecule has 0 bridgehead atoms. The van der Waals surface area contributed by atoms with Gasteiger partial charge in [-0.05, 0) is 18.4 Å². The molecule has 1 N–H and O–H groups in total. The second-order valence-corrected chi connectivity index (χ2v) is 4.81. The topological polar surface area (TPSA) is 55.4 Å². The molecular weight excluding hydrogens is 235 g/mol. The number of allylic oxidation sites excluding steroid dienone is 1. The molecule has 0 radical (unpaired) electrons. The van der Waals surface area contributed by atoms with E-state index in [0.717, 1.165) is 0 Å². The van der Waals surface area contributed by atoms with E-state index in [0.29, 0.717) is 13.0 Å². The Morgan fingerprint density at radius 1 is 1.53 bits per heavy atom. The largest absolute Gasteiger partial charge is 0.534 e. The molecule has 1 unspecified atom stereocenters. The van der Waals surface area contributed by atoms with Crippen molar-refractivity contribution in [3.8, 4) is 0 Å². The molecule has 1 aliphatic heterocycles. The fraction of sp³-hybridized carbons (Fsp3) is 0.714. The molecule has 1 atom stereocenters. The molecule has 1 heterocycles. The van der Waals surface area contributed by atoms with Crippen LogP contribution in [0.2, 0.25) is 0 Å². The average molecular weight is 245 g/mol. The number of hydrogen-bond donors (Lipinski definition) is 1.